The van der Waals surface area contributed by atoms with Crippen molar-refractivity contribution in [1.82, 2.24) is 0 Å². The van der Waals surface area contributed by atoms with Crippen molar-refractivity contribution in [3.8, 4) is 0 Å². The summed E-state index contributed by atoms with van der Waals surface area (Å²) >= 11 is 0. The van der Waals surface area contributed by atoms with Crippen LogP contribution in [0.2, 0.25) is 0 Å². The van der Waals surface area contributed by atoms with Crippen LogP contribution in [0.15, 0.2) is 48.5 Å². The molecule has 0 saturated carbocycles. The van der Waals surface area contributed by atoms with E-state index in [-0.39, 0.29) is 0 Å². The number of primary amides is 1. The van der Waals surface area contributed by atoms with Crippen LogP contribution in [0.1, 0.15) is 16.7 Å². The quantitative estimate of drug-likeness (QED) is 0.864. The Hall–Kier alpha value is -2.29. The largest absolute Gasteiger partial charge is 0.351 e. The third-order valence-electron chi connectivity index (χ3n) is 3.04. The second kappa shape index (κ2) is 6.05. The van der Waals surface area contributed by atoms with Crippen molar-refractivity contribution in [3.05, 3.63) is 65.2 Å². The molecule has 2 aromatic rings. The number of hydrogen-bond acceptors (Lipinski definition) is 1. The van der Waals surface area contributed by atoms with Crippen molar-refractivity contribution in [2.45, 2.75) is 19.8 Å². The number of benzene rings is 2. The van der Waals surface area contributed by atoms with Gasteiger partial charge in [0.15, 0.2) is 0 Å². The molecule has 0 aliphatic carbocycles. The molecule has 19 heavy (non-hydrogen) atoms. The molecule has 0 radical (unpaired) electrons. The minimum Gasteiger partial charge on any atom is -0.351 e. The van der Waals surface area contributed by atoms with Crippen LogP contribution in [0.5, 0.6) is 0 Å². The molecule has 3 heteroatoms. The number of aryl methyl sites for hydroxylation is 3. The molecule has 0 unspecified atom stereocenters. The summed E-state index contributed by atoms with van der Waals surface area (Å²) in [7, 11) is 0. The molecule has 3 nitrogen and oxygen atoms in total. The topological polar surface area (TPSA) is 55.1 Å². The minimum absolute atomic E-state index is 0.535. The van der Waals surface area contributed by atoms with Crippen molar-refractivity contribution in [2.24, 2.45) is 5.73 Å². The highest BCUT2D eigenvalue weighted by Crippen LogP contribution is 2.12. The van der Waals surface area contributed by atoms with Gasteiger partial charge in [-0.15, -0.1) is 0 Å². The van der Waals surface area contributed by atoms with Crippen molar-refractivity contribution in [2.75, 3.05) is 5.32 Å². The summed E-state index contributed by atoms with van der Waals surface area (Å²) in [4.78, 5) is 10.7. The zero-order valence-electron chi connectivity index (χ0n) is 11.0. The van der Waals surface area contributed by atoms with E-state index in [2.05, 4.69) is 36.5 Å². The van der Waals surface area contributed by atoms with E-state index in [0.717, 1.165) is 18.5 Å². The van der Waals surface area contributed by atoms with Gasteiger partial charge in [0.1, 0.15) is 0 Å². The maximum atomic E-state index is 10.7. The van der Waals surface area contributed by atoms with Crippen molar-refractivity contribution < 1.29 is 4.79 Å². The number of hydrogen-bond donors (Lipinski definition) is 2. The van der Waals surface area contributed by atoms with Gasteiger partial charge in [0.05, 0.1) is 0 Å². The van der Waals surface area contributed by atoms with Crippen LogP contribution in [-0.2, 0) is 12.8 Å². The normalized spacial score (nSPS) is 10.2. The van der Waals surface area contributed by atoms with E-state index in [4.69, 9.17) is 5.73 Å². The third kappa shape index (κ3) is 4.14. The fourth-order valence-electron chi connectivity index (χ4n) is 1.94. The average Bonchev–Trinajstić information content (AvgIpc) is 2.39. The van der Waals surface area contributed by atoms with Crippen LogP contribution < -0.4 is 11.1 Å². The first kappa shape index (κ1) is 13.1. The molecule has 2 aromatic carbocycles. The fraction of sp³-hybridized carbons (Fsp3) is 0.188. The first-order valence-corrected chi connectivity index (χ1v) is 6.34. The Kier molecular flexibility index (Phi) is 4.18. The summed E-state index contributed by atoms with van der Waals surface area (Å²) in [6.45, 7) is 2.09. The molecule has 3 N–H and O–H groups in total. The van der Waals surface area contributed by atoms with Crippen molar-refractivity contribution >= 4 is 11.7 Å². The predicted octanol–water partition coefficient (Wildman–Crippen LogP) is 3.27. The van der Waals surface area contributed by atoms with E-state index in [1.807, 2.05) is 24.3 Å². The number of rotatable bonds is 4. The first-order chi connectivity index (χ1) is 9.13. The van der Waals surface area contributed by atoms with Crippen LogP contribution in [-0.4, -0.2) is 6.03 Å². The van der Waals surface area contributed by atoms with Gasteiger partial charge in [0, 0.05) is 5.69 Å². The van der Waals surface area contributed by atoms with Crippen LogP contribution in [0.25, 0.3) is 0 Å². The van der Waals surface area contributed by atoms with E-state index in [9.17, 15) is 4.79 Å². The van der Waals surface area contributed by atoms with Crippen LogP contribution in [0, 0.1) is 6.92 Å². The molecular weight excluding hydrogens is 236 g/mol. The van der Waals surface area contributed by atoms with Crippen LogP contribution in [0.4, 0.5) is 10.5 Å². The molecule has 0 bridgehead atoms. The monoisotopic (exact) mass is 254 g/mol. The molecule has 0 aromatic heterocycles. The number of amides is 2. The van der Waals surface area contributed by atoms with Gasteiger partial charge in [-0.3, -0.25) is 0 Å². The number of urea groups is 1. The Morgan fingerprint density at radius 1 is 0.947 bits per heavy atom. The lowest BCUT2D eigenvalue weighted by atomic mass is 10.0. The Morgan fingerprint density at radius 2 is 1.42 bits per heavy atom. The summed E-state index contributed by atoms with van der Waals surface area (Å²) < 4.78 is 0. The van der Waals surface area contributed by atoms with E-state index in [1.165, 1.54) is 16.7 Å². The highest BCUT2D eigenvalue weighted by atomic mass is 16.2. The van der Waals surface area contributed by atoms with Gasteiger partial charge in [0.25, 0.3) is 0 Å². The molecule has 0 aliphatic rings. The summed E-state index contributed by atoms with van der Waals surface area (Å²) in [6.07, 6.45) is 2.00. The van der Waals surface area contributed by atoms with E-state index in [0.29, 0.717) is 0 Å². The second-order valence-electron chi connectivity index (χ2n) is 4.67. The minimum atomic E-state index is -0.535. The van der Waals surface area contributed by atoms with Gasteiger partial charge >= 0.3 is 6.03 Å². The molecule has 0 heterocycles. The third-order valence-corrected chi connectivity index (χ3v) is 3.04. The number of anilines is 1. The lowest BCUT2D eigenvalue weighted by Crippen LogP contribution is -2.19. The van der Waals surface area contributed by atoms with Gasteiger partial charge in [-0.1, -0.05) is 42.0 Å². The Bertz CT molecular complexity index is 544. The zero-order chi connectivity index (χ0) is 13.7. The smallest absolute Gasteiger partial charge is 0.316 e. The Balaban J connectivity index is 1.92. The lowest BCUT2D eigenvalue weighted by molar-refractivity contribution is 0.259. The standard InChI is InChI=1S/C16H18N2O/c1-12-2-4-13(5-3-12)6-7-14-8-10-15(11-9-14)18-16(17)19/h2-5,8-11H,6-7H2,1H3,(H3,17,18,19). The molecule has 0 spiro atoms. The van der Waals surface area contributed by atoms with Gasteiger partial charge in [-0.05, 0) is 43.0 Å². The number of carbonyl (C=O) groups excluding carboxylic acids is 1. The Labute approximate surface area is 113 Å². The first-order valence-electron chi connectivity index (χ1n) is 6.34. The maximum absolute atomic E-state index is 10.7. The van der Waals surface area contributed by atoms with E-state index < -0.39 is 6.03 Å². The molecule has 0 atom stereocenters. The van der Waals surface area contributed by atoms with Gasteiger partial charge < -0.3 is 11.1 Å². The average molecular weight is 254 g/mol. The maximum Gasteiger partial charge on any atom is 0.316 e. The predicted molar refractivity (Wildman–Crippen MR) is 78.2 cm³/mol. The van der Waals surface area contributed by atoms with Crippen molar-refractivity contribution in [3.63, 3.8) is 0 Å². The van der Waals surface area contributed by atoms with Crippen molar-refractivity contribution in [1.29, 1.82) is 0 Å². The van der Waals surface area contributed by atoms with Gasteiger partial charge in [0.2, 0.25) is 0 Å². The summed E-state index contributed by atoms with van der Waals surface area (Å²) in [6, 6.07) is 15.8. The summed E-state index contributed by atoms with van der Waals surface area (Å²) in [5.74, 6) is 0. The van der Waals surface area contributed by atoms with Crippen LogP contribution in [0.3, 0.4) is 0 Å². The number of nitrogens with one attached hydrogen (secondary N) is 1. The number of nitrogens with two attached hydrogens (primary N) is 1. The summed E-state index contributed by atoms with van der Waals surface area (Å²) in [5, 5.41) is 2.55. The molecule has 0 saturated heterocycles. The lowest BCUT2D eigenvalue weighted by Gasteiger charge is -2.05. The highest BCUT2D eigenvalue weighted by Gasteiger charge is 1.98. The van der Waals surface area contributed by atoms with E-state index >= 15 is 0 Å². The molecule has 0 fully saturated rings. The van der Waals surface area contributed by atoms with Crippen LogP contribution >= 0.6 is 0 Å². The summed E-state index contributed by atoms with van der Waals surface area (Å²) in [5.41, 5.74) is 9.65. The second-order valence-corrected chi connectivity index (χ2v) is 4.67. The fourth-order valence-corrected chi connectivity index (χ4v) is 1.94. The molecule has 2 amide bonds. The van der Waals surface area contributed by atoms with Gasteiger partial charge in [-0.2, -0.15) is 0 Å². The highest BCUT2D eigenvalue weighted by molar-refractivity contribution is 5.87. The van der Waals surface area contributed by atoms with E-state index in [1.54, 1.807) is 0 Å². The molecule has 2 rings (SSSR count). The number of carbonyl (C=O) groups is 1. The zero-order valence-corrected chi connectivity index (χ0v) is 11.0. The molecule has 98 valence electrons. The molecular formula is C16H18N2O. The Morgan fingerprint density at radius 3 is 1.89 bits per heavy atom. The SMILES string of the molecule is Cc1ccc(CCc2ccc(NC(N)=O)cc2)cc1. The molecule has 0 aliphatic heterocycles. The van der Waals surface area contributed by atoms with Gasteiger partial charge in [-0.25, -0.2) is 4.79 Å².